The summed E-state index contributed by atoms with van der Waals surface area (Å²) in [5.41, 5.74) is -0.114. The molecule has 2 aromatic rings. The van der Waals surface area contributed by atoms with E-state index in [1.807, 2.05) is 6.92 Å². The Bertz CT molecular complexity index is 1260. The van der Waals surface area contributed by atoms with Gasteiger partial charge in [-0.2, -0.15) is 4.98 Å². The normalized spacial score (nSPS) is 15.6. The highest BCUT2D eigenvalue weighted by Gasteiger charge is 2.40. The van der Waals surface area contributed by atoms with Gasteiger partial charge in [0.2, 0.25) is 11.8 Å². The van der Waals surface area contributed by atoms with Crippen molar-refractivity contribution < 1.29 is 33.1 Å². The van der Waals surface area contributed by atoms with Gasteiger partial charge in [0.1, 0.15) is 30.1 Å². The fourth-order valence-electron chi connectivity index (χ4n) is 4.76. The zero-order valence-corrected chi connectivity index (χ0v) is 23.0. The number of amides is 3. The highest BCUT2D eigenvalue weighted by molar-refractivity contribution is 6.13. The molecule has 1 saturated heterocycles. The maximum atomic E-state index is 13.5. The van der Waals surface area contributed by atoms with Crippen molar-refractivity contribution in [3.63, 3.8) is 0 Å². The lowest BCUT2D eigenvalue weighted by molar-refractivity contribution is -0.144. The fourth-order valence-corrected chi connectivity index (χ4v) is 4.76. The van der Waals surface area contributed by atoms with Crippen LogP contribution in [0.25, 0.3) is 0 Å². The Hall–Kier alpha value is -4.09. The fraction of sp³-hybridized carbons (Fsp3) is 0.519. The molecule has 4 rings (SSSR count). The third kappa shape index (κ3) is 5.99. The van der Waals surface area contributed by atoms with E-state index in [9.17, 15) is 19.2 Å². The zero-order chi connectivity index (χ0) is 28.3. The third-order valence-corrected chi connectivity index (χ3v) is 6.92. The number of hydrogen-bond donors (Lipinski definition) is 1. The van der Waals surface area contributed by atoms with Crippen LogP contribution in [0.5, 0.6) is 5.88 Å². The SMILES string of the molecule is CCOc1nc(N2CCN(C(C)=O)CC2)ccc1NC(=O)c1coc2c1C(=O)N(C(C)(C)COC(C)=O)CC2. The number of nitrogens with one attached hydrogen (secondary N) is 1. The largest absolute Gasteiger partial charge is 0.476 e. The van der Waals surface area contributed by atoms with Crippen LogP contribution in [0.1, 0.15) is 61.1 Å². The molecule has 39 heavy (non-hydrogen) atoms. The predicted octanol–water partition coefficient (Wildman–Crippen LogP) is 2.33. The van der Waals surface area contributed by atoms with Gasteiger partial charge in [0, 0.05) is 53.0 Å². The second-order valence-corrected chi connectivity index (χ2v) is 10.1. The first-order valence-corrected chi connectivity index (χ1v) is 13.0. The minimum atomic E-state index is -0.775. The standard InChI is InChI=1S/C27H35N5O7/c1-6-37-25-20(7-8-22(29-25)31-13-11-30(12-14-31)17(2)33)28-24(35)19-15-38-21-9-10-32(26(36)23(19)21)27(4,5)16-39-18(3)34/h7-8,15H,6,9-14,16H2,1-5H3,(H,28,35). The van der Waals surface area contributed by atoms with E-state index in [0.29, 0.717) is 63.0 Å². The van der Waals surface area contributed by atoms with E-state index in [4.69, 9.17) is 13.9 Å². The van der Waals surface area contributed by atoms with Crippen LogP contribution in [0.2, 0.25) is 0 Å². The van der Waals surface area contributed by atoms with Crippen LogP contribution < -0.4 is 15.0 Å². The molecule has 0 saturated carbocycles. The van der Waals surface area contributed by atoms with Crippen molar-refractivity contribution in [1.29, 1.82) is 0 Å². The van der Waals surface area contributed by atoms with Gasteiger partial charge >= 0.3 is 5.97 Å². The van der Waals surface area contributed by atoms with E-state index < -0.39 is 17.4 Å². The lowest BCUT2D eigenvalue weighted by atomic mass is 9.96. The van der Waals surface area contributed by atoms with Gasteiger partial charge in [-0.05, 0) is 32.9 Å². The summed E-state index contributed by atoms with van der Waals surface area (Å²) in [6.45, 7) is 11.5. The molecule has 2 aromatic heterocycles. The van der Waals surface area contributed by atoms with E-state index in [-0.39, 0.29) is 35.4 Å². The van der Waals surface area contributed by atoms with E-state index in [1.165, 1.54) is 13.2 Å². The molecule has 12 heteroatoms. The summed E-state index contributed by atoms with van der Waals surface area (Å²) < 4.78 is 16.5. The molecule has 0 aromatic carbocycles. The van der Waals surface area contributed by atoms with Crippen molar-refractivity contribution in [3.05, 3.63) is 35.3 Å². The Morgan fingerprint density at radius 2 is 1.82 bits per heavy atom. The third-order valence-electron chi connectivity index (χ3n) is 6.92. The van der Waals surface area contributed by atoms with Gasteiger partial charge in [-0.3, -0.25) is 19.2 Å². The smallest absolute Gasteiger partial charge is 0.302 e. The maximum absolute atomic E-state index is 13.5. The molecular formula is C27H35N5O7. The molecule has 0 radical (unpaired) electrons. The number of nitrogens with zero attached hydrogens (tertiary/aromatic N) is 4. The minimum absolute atomic E-state index is 0.0301. The van der Waals surface area contributed by atoms with Gasteiger partial charge < -0.3 is 33.9 Å². The second kappa shape index (κ2) is 11.3. The summed E-state index contributed by atoms with van der Waals surface area (Å²) >= 11 is 0. The highest BCUT2D eigenvalue weighted by atomic mass is 16.5. The number of anilines is 2. The Morgan fingerprint density at radius 3 is 2.46 bits per heavy atom. The van der Waals surface area contributed by atoms with Gasteiger partial charge in [0.15, 0.2) is 0 Å². The first-order chi connectivity index (χ1) is 18.5. The van der Waals surface area contributed by atoms with E-state index in [1.54, 1.807) is 42.7 Å². The minimum Gasteiger partial charge on any atom is -0.476 e. The van der Waals surface area contributed by atoms with Gasteiger partial charge in [0.05, 0.1) is 23.3 Å². The van der Waals surface area contributed by atoms with E-state index >= 15 is 0 Å². The van der Waals surface area contributed by atoms with Crippen LogP contribution in [0.3, 0.4) is 0 Å². The maximum Gasteiger partial charge on any atom is 0.302 e. The number of carbonyl (C=O) groups excluding carboxylic acids is 4. The average Bonchev–Trinajstić information content (AvgIpc) is 3.34. The number of fused-ring (bicyclic) bond motifs is 1. The molecule has 3 amide bonds. The number of ether oxygens (including phenoxy) is 2. The Morgan fingerprint density at radius 1 is 1.10 bits per heavy atom. The Labute approximate surface area is 227 Å². The number of esters is 1. The zero-order valence-electron chi connectivity index (χ0n) is 23.0. The molecule has 0 atom stereocenters. The monoisotopic (exact) mass is 541 g/mol. The number of furan rings is 1. The Balaban J connectivity index is 1.52. The molecule has 0 aliphatic carbocycles. The molecule has 0 unspecified atom stereocenters. The summed E-state index contributed by atoms with van der Waals surface area (Å²) in [7, 11) is 0. The van der Waals surface area contributed by atoms with Gasteiger partial charge in [-0.15, -0.1) is 0 Å². The first-order valence-electron chi connectivity index (χ1n) is 13.0. The average molecular weight is 542 g/mol. The second-order valence-electron chi connectivity index (χ2n) is 10.1. The van der Waals surface area contributed by atoms with E-state index in [2.05, 4.69) is 15.2 Å². The quantitative estimate of drug-likeness (QED) is 0.500. The van der Waals surface area contributed by atoms with Crippen LogP contribution in [-0.2, 0) is 20.7 Å². The molecular weight excluding hydrogens is 506 g/mol. The number of aromatic nitrogens is 1. The number of pyridine rings is 1. The van der Waals surface area contributed by atoms with Crippen molar-refractivity contribution >= 4 is 35.2 Å². The van der Waals surface area contributed by atoms with Crippen LogP contribution in [0.4, 0.5) is 11.5 Å². The number of rotatable bonds is 8. The molecule has 2 aliphatic heterocycles. The molecule has 210 valence electrons. The van der Waals surface area contributed by atoms with Crippen LogP contribution >= 0.6 is 0 Å². The van der Waals surface area contributed by atoms with Crippen molar-refractivity contribution in [2.24, 2.45) is 0 Å². The summed E-state index contributed by atoms with van der Waals surface area (Å²) in [5.74, 6) is 0.0969. The summed E-state index contributed by atoms with van der Waals surface area (Å²) in [6.07, 6.45) is 1.71. The van der Waals surface area contributed by atoms with Crippen molar-refractivity contribution in [3.8, 4) is 5.88 Å². The molecule has 1 N–H and O–H groups in total. The van der Waals surface area contributed by atoms with Crippen LogP contribution in [-0.4, -0.2) is 90.0 Å². The lowest BCUT2D eigenvalue weighted by Crippen LogP contribution is -2.53. The highest BCUT2D eigenvalue weighted by Crippen LogP contribution is 2.32. The summed E-state index contributed by atoms with van der Waals surface area (Å²) in [6, 6.07) is 3.50. The van der Waals surface area contributed by atoms with Gasteiger partial charge in [-0.25, -0.2) is 0 Å². The van der Waals surface area contributed by atoms with Crippen molar-refractivity contribution in [1.82, 2.24) is 14.8 Å². The first kappa shape index (κ1) is 27.9. The molecule has 0 bridgehead atoms. The predicted molar refractivity (Wildman–Crippen MR) is 142 cm³/mol. The molecule has 4 heterocycles. The summed E-state index contributed by atoms with van der Waals surface area (Å²) in [4.78, 5) is 59.9. The number of hydrogen-bond acceptors (Lipinski definition) is 9. The number of carbonyl (C=O) groups is 4. The van der Waals surface area contributed by atoms with Crippen molar-refractivity contribution in [2.75, 3.05) is 56.2 Å². The van der Waals surface area contributed by atoms with Gasteiger partial charge in [0.25, 0.3) is 11.8 Å². The Kier molecular flexibility index (Phi) is 8.12. The summed E-state index contributed by atoms with van der Waals surface area (Å²) in [5, 5.41) is 2.82. The van der Waals surface area contributed by atoms with Crippen LogP contribution in [0.15, 0.2) is 22.8 Å². The number of piperazine rings is 1. The molecule has 1 fully saturated rings. The topological polar surface area (TPSA) is 135 Å². The van der Waals surface area contributed by atoms with Crippen LogP contribution in [0, 0.1) is 0 Å². The lowest BCUT2D eigenvalue weighted by Gasteiger charge is -2.40. The molecule has 2 aliphatic rings. The van der Waals surface area contributed by atoms with E-state index in [0.717, 1.165) is 0 Å². The van der Waals surface area contributed by atoms with Gasteiger partial charge in [-0.1, -0.05) is 0 Å². The molecule has 12 nitrogen and oxygen atoms in total. The molecule has 0 spiro atoms. The van der Waals surface area contributed by atoms with Crippen molar-refractivity contribution in [2.45, 2.75) is 46.6 Å².